The molecule has 0 N–H and O–H groups in total. The van der Waals surface area contributed by atoms with Crippen LogP contribution in [0.15, 0.2) is 194 Å². The summed E-state index contributed by atoms with van der Waals surface area (Å²) in [5, 5.41) is 5.04. The smallest absolute Gasteiger partial charge is 0.0711 e. The second kappa shape index (κ2) is 13.1. The molecule has 1 atom stereocenters. The van der Waals surface area contributed by atoms with Crippen LogP contribution >= 0.6 is 0 Å². The van der Waals surface area contributed by atoms with Gasteiger partial charge in [-0.1, -0.05) is 172 Å². The van der Waals surface area contributed by atoms with Crippen molar-refractivity contribution < 1.29 is 18.6 Å². The molecule has 2 heteroatoms. The van der Waals surface area contributed by atoms with Crippen LogP contribution in [0.1, 0.15) is 54.5 Å². The van der Waals surface area contributed by atoms with Crippen LogP contribution in [0, 0.1) is 0 Å². The third kappa shape index (κ3) is 4.88. The molecule has 0 amide bonds. The van der Waals surface area contributed by atoms with E-state index in [-0.39, 0.29) is 24.0 Å². The number of fused-ring (bicyclic) bond motifs is 9. The number of hydrogen-bond acceptors (Lipinski definition) is 1. The maximum atomic E-state index is 2.54. The Morgan fingerprint density at radius 1 is 0.482 bits per heavy atom. The van der Waals surface area contributed by atoms with E-state index in [1.165, 1.54) is 88.6 Å². The molecule has 1 unspecified atom stereocenters. The molecule has 0 heterocycles. The molecule has 3 aliphatic rings. The monoisotopic (exact) mass is 754 g/mol. The van der Waals surface area contributed by atoms with Crippen LogP contribution in [0.25, 0.3) is 43.8 Å². The number of rotatable bonds is 5. The van der Waals surface area contributed by atoms with E-state index in [1.807, 2.05) is 0 Å². The number of anilines is 3. The topological polar surface area (TPSA) is 3.24 Å². The summed E-state index contributed by atoms with van der Waals surface area (Å²) >= 11 is 0. The van der Waals surface area contributed by atoms with Crippen LogP contribution in [0.5, 0.6) is 0 Å². The Labute approximate surface area is 341 Å². The van der Waals surface area contributed by atoms with Gasteiger partial charge in [0.25, 0.3) is 0 Å². The molecule has 0 saturated heterocycles. The van der Waals surface area contributed by atoms with Gasteiger partial charge in [-0.3, -0.25) is 0 Å². The Morgan fingerprint density at radius 2 is 1.12 bits per heavy atom. The fraction of sp³-hybridized carbons (Fsp3) is 0.111. The molecule has 11 rings (SSSR count). The molecule has 3 aliphatic carbocycles. The van der Waals surface area contributed by atoms with Gasteiger partial charge in [-0.15, -0.1) is 0 Å². The van der Waals surface area contributed by atoms with Gasteiger partial charge in [0.15, 0.2) is 0 Å². The molecule has 0 spiro atoms. The first-order valence-corrected chi connectivity index (χ1v) is 19.7. The average molecular weight is 755 g/mol. The average Bonchev–Trinajstić information content (AvgIpc) is 3.68. The fourth-order valence-corrected chi connectivity index (χ4v) is 10.3. The van der Waals surface area contributed by atoms with Crippen LogP contribution in [0.4, 0.5) is 17.1 Å². The second-order valence-electron chi connectivity index (χ2n) is 15.9. The van der Waals surface area contributed by atoms with Crippen LogP contribution in [0.2, 0.25) is 0 Å². The Morgan fingerprint density at radius 3 is 1.95 bits per heavy atom. The SMILES string of the molecule is CC1(C)c2ccccc2-c2ccc(N(c3ccc4ccc5ccccc5c4c3)c3cccc4c3-c3ccccc3C4(C3=CCCC=C3)c3ccccc3)cc21.[V]. The van der Waals surface area contributed by atoms with Gasteiger partial charge in [-0.2, -0.15) is 0 Å². The van der Waals surface area contributed by atoms with Gasteiger partial charge in [0.1, 0.15) is 0 Å². The van der Waals surface area contributed by atoms with E-state index in [0.29, 0.717) is 0 Å². The molecule has 0 aliphatic heterocycles. The summed E-state index contributed by atoms with van der Waals surface area (Å²) in [5.41, 5.74) is 16.3. The number of nitrogens with zero attached hydrogens (tertiary/aromatic N) is 1. The zero-order chi connectivity index (χ0) is 36.7. The van der Waals surface area contributed by atoms with Crippen molar-refractivity contribution in [2.45, 2.75) is 37.5 Å². The first-order chi connectivity index (χ1) is 27.0. The maximum Gasteiger partial charge on any atom is 0.0711 e. The van der Waals surface area contributed by atoms with Gasteiger partial charge in [0, 0.05) is 40.9 Å². The van der Waals surface area contributed by atoms with Crippen molar-refractivity contribution in [3.05, 3.63) is 221 Å². The van der Waals surface area contributed by atoms with E-state index < -0.39 is 5.41 Å². The Hall–Kier alpha value is -5.86. The summed E-state index contributed by atoms with van der Waals surface area (Å²) < 4.78 is 0. The van der Waals surface area contributed by atoms with E-state index in [2.05, 4.69) is 207 Å². The third-order valence-electron chi connectivity index (χ3n) is 12.7. The summed E-state index contributed by atoms with van der Waals surface area (Å²) in [6, 6.07) is 63.8. The van der Waals surface area contributed by atoms with Crippen molar-refractivity contribution >= 4 is 38.6 Å². The molecule has 8 aromatic rings. The van der Waals surface area contributed by atoms with E-state index in [9.17, 15) is 0 Å². The number of hydrogen-bond donors (Lipinski definition) is 0. The number of allylic oxidation sites excluding steroid dienone is 4. The van der Waals surface area contributed by atoms with Gasteiger partial charge in [-0.25, -0.2) is 0 Å². The molecular weight excluding hydrogens is 714 g/mol. The summed E-state index contributed by atoms with van der Waals surface area (Å²) in [5.74, 6) is 0. The largest absolute Gasteiger partial charge is 0.310 e. The third-order valence-corrected chi connectivity index (χ3v) is 12.7. The van der Waals surface area contributed by atoms with Gasteiger partial charge in [0.05, 0.1) is 11.1 Å². The fourth-order valence-electron chi connectivity index (χ4n) is 10.3. The van der Waals surface area contributed by atoms with E-state index >= 15 is 0 Å². The van der Waals surface area contributed by atoms with Gasteiger partial charge < -0.3 is 4.90 Å². The minimum atomic E-state index is -0.438. The Bertz CT molecular complexity index is 2910. The molecular formula is C54H41NV. The van der Waals surface area contributed by atoms with Crippen molar-refractivity contribution in [3.8, 4) is 22.3 Å². The normalized spacial score (nSPS) is 17.1. The molecule has 8 aromatic carbocycles. The minimum absolute atomic E-state index is 0. The van der Waals surface area contributed by atoms with E-state index in [4.69, 9.17) is 0 Å². The Kier molecular flexibility index (Phi) is 8.12. The van der Waals surface area contributed by atoms with Crippen molar-refractivity contribution in [1.82, 2.24) is 0 Å². The summed E-state index contributed by atoms with van der Waals surface area (Å²) in [6.45, 7) is 4.76. The molecule has 0 aromatic heterocycles. The second-order valence-corrected chi connectivity index (χ2v) is 15.9. The van der Waals surface area contributed by atoms with Gasteiger partial charge in [0.2, 0.25) is 0 Å². The van der Waals surface area contributed by atoms with Gasteiger partial charge >= 0.3 is 0 Å². The number of benzene rings is 8. The summed E-state index contributed by atoms with van der Waals surface area (Å²) in [7, 11) is 0. The zero-order valence-corrected chi connectivity index (χ0v) is 33.1. The minimum Gasteiger partial charge on any atom is -0.310 e. The quantitative estimate of drug-likeness (QED) is 0.158. The van der Waals surface area contributed by atoms with Crippen molar-refractivity contribution in [1.29, 1.82) is 0 Å². The van der Waals surface area contributed by atoms with Crippen LogP contribution in [0.3, 0.4) is 0 Å². The standard InChI is InChI=1S/C54H41N.V/c1-53(2)47-24-13-11-22-43(47)44-33-32-41(35-50(44)53)55(40-31-30-37-29-28-36-16-9-10-21-42(36)46(37)34-40)51-27-15-26-49-52(51)45-23-12-14-25-48(45)54(49,38-17-5-3-6-18-38)39-19-7-4-8-20-39;/h3,5-7,9-35H,4,8H2,1-2H3;. The van der Waals surface area contributed by atoms with Gasteiger partial charge in [-0.05, 0) is 115 Å². The molecule has 267 valence electrons. The van der Waals surface area contributed by atoms with Crippen LogP contribution < -0.4 is 4.90 Å². The first-order valence-electron chi connectivity index (χ1n) is 19.7. The van der Waals surface area contributed by atoms with Crippen molar-refractivity contribution in [2.24, 2.45) is 0 Å². The summed E-state index contributed by atoms with van der Waals surface area (Å²) in [6.07, 6.45) is 9.36. The molecule has 0 saturated carbocycles. The predicted molar refractivity (Wildman–Crippen MR) is 232 cm³/mol. The first kappa shape index (κ1) is 34.6. The van der Waals surface area contributed by atoms with Crippen LogP contribution in [-0.4, -0.2) is 0 Å². The zero-order valence-electron chi connectivity index (χ0n) is 31.7. The maximum absolute atomic E-state index is 2.54. The molecule has 0 fully saturated rings. The Balaban J connectivity index is 0.00000384. The molecule has 56 heavy (non-hydrogen) atoms. The van der Waals surface area contributed by atoms with E-state index in [1.54, 1.807) is 0 Å². The van der Waals surface area contributed by atoms with Crippen molar-refractivity contribution in [3.63, 3.8) is 0 Å². The molecule has 0 bridgehead atoms. The van der Waals surface area contributed by atoms with Crippen molar-refractivity contribution in [2.75, 3.05) is 4.90 Å². The van der Waals surface area contributed by atoms with E-state index in [0.717, 1.165) is 18.5 Å². The molecule has 1 nitrogen and oxygen atoms in total. The van der Waals surface area contributed by atoms with Crippen LogP contribution in [-0.2, 0) is 29.4 Å². The summed E-state index contributed by atoms with van der Waals surface area (Å²) in [4.78, 5) is 2.54. The molecule has 1 radical (unpaired) electrons. The predicted octanol–water partition coefficient (Wildman–Crippen LogP) is 14.4.